The SMILES string of the molecule is CC.CCc1nc(N)cc(C(F)(F)F)c1C. The minimum atomic E-state index is -4.36. The van der Waals surface area contributed by atoms with Crippen molar-refractivity contribution in [2.75, 3.05) is 5.73 Å². The summed E-state index contributed by atoms with van der Waals surface area (Å²) in [5.74, 6) is -0.0835. The number of aryl methyl sites for hydroxylation is 1. The molecule has 0 aliphatic heterocycles. The first kappa shape index (κ1) is 14.7. The van der Waals surface area contributed by atoms with Crippen LogP contribution < -0.4 is 5.73 Å². The van der Waals surface area contributed by atoms with Crippen molar-refractivity contribution in [3.8, 4) is 0 Å². The standard InChI is InChI=1S/C9H11F3N2.C2H6/c1-3-7-5(2)6(9(10,11)12)4-8(13)14-7;1-2/h4H,3H2,1-2H3,(H2,13,14);1-2H3. The number of nitrogen functional groups attached to an aromatic ring is 1. The van der Waals surface area contributed by atoms with Gasteiger partial charge in [-0.3, -0.25) is 0 Å². The largest absolute Gasteiger partial charge is 0.416 e. The Morgan fingerprint density at radius 3 is 2.19 bits per heavy atom. The molecule has 0 radical (unpaired) electrons. The van der Waals surface area contributed by atoms with Crippen molar-refractivity contribution >= 4 is 5.82 Å². The fourth-order valence-corrected chi connectivity index (χ4v) is 1.32. The molecule has 0 spiro atoms. The molecule has 0 unspecified atom stereocenters. The van der Waals surface area contributed by atoms with Crippen LogP contribution in [0.25, 0.3) is 0 Å². The Balaban J connectivity index is 0.00000106. The van der Waals surface area contributed by atoms with Crippen LogP contribution in [0.5, 0.6) is 0 Å². The number of alkyl halides is 3. The van der Waals surface area contributed by atoms with E-state index in [0.29, 0.717) is 12.1 Å². The van der Waals surface area contributed by atoms with Crippen molar-refractivity contribution < 1.29 is 13.2 Å². The molecule has 2 N–H and O–H groups in total. The van der Waals surface area contributed by atoms with Crippen molar-refractivity contribution in [1.82, 2.24) is 4.98 Å². The van der Waals surface area contributed by atoms with Crippen LogP contribution in [0, 0.1) is 6.92 Å². The normalized spacial score (nSPS) is 10.7. The van der Waals surface area contributed by atoms with Gasteiger partial charge in [0.2, 0.25) is 0 Å². The van der Waals surface area contributed by atoms with Crippen molar-refractivity contribution in [3.63, 3.8) is 0 Å². The Labute approximate surface area is 93.7 Å². The molecule has 1 heterocycles. The first-order valence-electron chi connectivity index (χ1n) is 5.19. The number of anilines is 1. The summed E-state index contributed by atoms with van der Waals surface area (Å²) in [5.41, 5.74) is 5.16. The van der Waals surface area contributed by atoms with Crippen LogP contribution in [0.2, 0.25) is 0 Å². The molecule has 0 saturated heterocycles. The molecule has 0 aliphatic rings. The van der Waals surface area contributed by atoms with Gasteiger partial charge < -0.3 is 5.73 Å². The van der Waals surface area contributed by atoms with E-state index in [1.165, 1.54) is 6.92 Å². The molecule has 5 heteroatoms. The third kappa shape index (κ3) is 3.40. The minimum absolute atomic E-state index is 0.0835. The highest BCUT2D eigenvalue weighted by Gasteiger charge is 2.33. The molecule has 0 atom stereocenters. The average Bonchev–Trinajstić information content (AvgIpc) is 2.22. The summed E-state index contributed by atoms with van der Waals surface area (Å²) in [5, 5.41) is 0. The molecule has 0 saturated carbocycles. The first-order valence-corrected chi connectivity index (χ1v) is 5.19. The van der Waals surface area contributed by atoms with E-state index < -0.39 is 11.7 Å². The van der Waals surface area contributed by atoms with Crippen molar-refractivity contribution in [2.45, 2.75) is 40.3 Å². The van der Waals surface area contributed by atoms with Crippen LogP contribution in [0.4, 0.5) is 19.0 Å². The molecule has 0 fully saturated rings. The lowest BCUT2D eigenvalue weighted by Crippen LogP contribution is -2.11. The van der Waals surface area contributed by atoms with Gasteiger partial charge >= 0.3 is 6.18 Å². The van der Waals surface area contributed by atoms with Crippen molar-refractivity contribution in [3.05, 3.63) is 22.9 Å². The lowest BCUT2D eigenvalue weighted by atomic mass is 10.1. The Bertz CT molecular complexity index is 346. The number of rotatable bonds is 1. The molecule has 16 heavy (non-hydrogen) atoms. The highest BCUT2D eigenvalue weighted by Crippen LogP contribution is 2.33. The topological polar surface area (TPSA) is 38.9 Å². The Kier molecular flexibility index (Phi) is 5.27. The van der Waals surface area contributed by atoms with Gasteiger partial charge in [0, 0.05) is 5.69 Å². The second-order valence-corrected chi connectivity index (χ2v) is 3.02. The summed E-state index contributed by atoms with van der Waals surface area (Å²) in [7, 11) is 0. The molecule has 0 aliphatic carbocycles. The molecule has 2 nitrogen and oxygen atoms in total. The van der Waals surface area contributed by atoms with E-state index in [2.05, 4.69) is 4.98 Å². The Morgan fingerprint density at radius 1 is 1.31 bits per heavy atom. The van der Waals surface area contributed by atoms with Crippen LogP contribution in [0.1, 0.15) is 37.6 Å². The van der Waals surface area contributed by atoms with Crippen LogP contribution in [-0.2, 0) is 12.6 Å². The molecular weight excluding hydrogens is 217 g/mol. The van der Waals surface area contributed by atoms with Gasteiger partial charge in [0.15, 0.2) is 0 Å². The number of pyridine rings is 1. The number of aromatic nitrogens is 1. The highest BCUT2D eigenvalue weighted by atomic mass is 19.4. The highest BCUT2D eigenvalue weighted by molar-refractivity contribution is 5.42. The Morgan fingerprint density at radius 2 is 1.81 bits per heavy atom. The summed E-state index contributed by atoms with van der Waals surface area (Å²) in [6.07, 6.45) is -3.91. The lowest BCUT2D eigenvalue weighted by molar-refractivity contribution is -0.138. The summed E-state index contributed by atoms with van der Waals surface area (Å²) < 4.78 is 37.4. The molecule has 0 aromatic carbocycles. The molecule has 92 valence electrons. The maximum absolute atomic E-state index is 12.5. The predicted octanol–water partition coefficient (Wildman–Crippen LogP) is 3.58. The van der Waals surface area contributed by atoms with Crippen LogP contribution >= 0.6 is 0 Å². The number of hydrogen-bond donors (Lipinski definition) is 1. The van der Waals surface area contributed by atoms with E-state index in [1.54, 1.807) is 6.92 Å². The van der Waals surface area contributed by atoms with E-state index in [0.717, 1.165) is 6.07 Å². The molecule has 1 aromatic heterocycles. The van der Waals surface area contributed by atoms with E-state index in [-0.39, 0.29) is 11.4 Å². The van der Waals surface area contributed by atoms with Gasteiger partial charge in [-0.05, 0) is 25.0 Å². The van der Waals surface area contributed by atoms with Gasteiger partial charge in [-0.1, -0.05) is 20.8 Å². The van der Waals surface area contributed by atoms with E-state index in [4.69, 9.17) is 5.73 Å². The zero-order chi connectivity index (χ0) is 12.9. The summed E-state index contributed by atoms with van der Waals surface area (Å²) in [4.78, 5) is 3.84. The predicted molar refractivity (Wildman–Crippen MR) is 59.1 cm³/mol. The second-order valence-electron chi connectivity index (χ2n) is 3.02. The number of halogens is 3. The fraction of sp³-hybridized carbons (Fsp3) is 0.545. The van der Waals surface area contributed by atoms with Crippen molar-refractivity contribution in [1.29, 1.82) is 0 Å². The smallest absolute Gasteiger partial charge is 0.384 e. The first-order chi connectivity index (χ1) is 7.36. The molecule has 0 amide bonds. The zero-order valence-corrected chi connectivity index (χ0v) is 9.94. The second kappa shape index (κ2) is 5.72. The molecule has 1 rings (SSSR count). The molecule has 1 aromatic rings. The van der Waals surface area contributed by atoms with Crippen LogP contribution in [0.3, 0.4) is 0 Å². The number of nitrogens with zero attached hydrogens (tertiary/aromatic N) is 1. The zero-order valence-electron chi connectivity index (χ0n) is 9.94. The number of nitrogens with two attached hydrogens (primary N) is 1. The monoisotopic (exact) mass is 234 g/mol. The fourth-order valence-electron chi connectivity index (χ4n) is 1.32. The quantitative estimate of drug-likeness (QED) is 0.806. The van der Waals surface area contributed by atoms with Gasteiger partial charge in [0.25, 0.3) is 0 Å². The third-order valence-corrected chi connectivity index (χ3v) is 2.03. The van der Waals surface area contributed by atoms with Gasteiger partial charge in [-0.15, -0.1) is 0 Å². The maximum Gasteiger partial charge on any atom is 0.416 e. The van der Waals surface area contributed by atoms with Crippen LogP contribution in [0.15, 0.2) is 6.07 Å². The minimum Gasteiger partial charge on any atom is -0.384 e. The van der Waals surface area contributed by atoms with Gasteiger partial charge in [-0.2, -0.15) is 13.2 Å². The van der Waals surface area contributed by atoms with E-state index in [9.17, 15) is 13.2 Å². The molecular formula is C11H17F3N2. The maximum atomic E-state index is 12.5. The van der Waals surface area contributed by atoms with E-state index >= 15 is 0 Å². The average molecular weight is 234 g/mol. The summed E-state index contributed by atoms with van der Waals surface area (Å²) in [6, 6.07) is 0.870. The van der Waals surface area contributed by atoms with Gasteiger partial charge in [-0.25, -0.2) is 4.98 Å². The van der Waals surface area contributed by atoms with E-state index in [1.807, 2.05) is 13.8 Å². The van der Waals surface area contributed by atoms with Gasteiger partial charge in [0.05, 0.1) is 5.56 Å². The van der Waals surface area contributed by atoms with Crippen molar-refractivity contribution in [2.24, 2.45) is 0 Å². The third-order valence-electron chi connectivity index (χ3n) is 2.03. The number of hydrogen-bond acceptors (Lipinski definition) is 2. The summed E-state index contributed by atoms with van der Waals surface area (Å²) in [6.45, 7) is 7.16. The summed E-state index contributed by atoms with van der Waals surface area (Å²) >= 11 is 0. The Hall–Kier alpha value is -1.26. The lowest BCUT2D eigenvalue weighted by Gasteiger charge is -2.13. The van der Waals surface area contributed by atoms with Gasteiger partial charge in [0.1, 0.15) is 5.82 Å². The van der Waals surface area contributed by atoms with Crippen LogP contribution in [-0.4, -0.2) is 4.98 Å². The molecule has 0 bridgehead atoms.